The Kier molecular flexibility index (Phi) is 7.48. The number of nitrogens with one attached hydrogen (secondary N) is 1. The fourth-order valence-corrected chi connectivity index (χ4v) is 4.14. The van der Waals surface area contributed by atoms with Crippen LogP contribution in [0.3, 0.4) is 0 Å². The summed E-state index contributed by atoms with van der Waals surface area (Å²) in [7, 11) is 1.94. The Bertz CT molecular complexity index is 268. The third-order valence-corrected chi connectivity index (χ3v) is 5.54. The van der Waals surface area contributed by atoms with Gasteiger partial charge in [0.2, 0.25) is 0 Å². The SMILES string of the molecule is CCCNC(CC1CCOCC1)C1(OC)CCCCCC1. The van der Waals surface area contributed by atoms with E-state index in [4.69, 9.17) is 9.47 Å². The molecule has 1 aliphatic carbocycles. The van der Waals surface area contributed by atoms with E-state index < -0.39 is 0 Å². The molecule has 1 saturated carbocycles. The van der Waals surface area contributed by atoms with E-state index >= 15 is 0 Å². The van der Waals surface area contributed by atoms with Crippen LogP contribution in [0.5, 0.6) is 0 Å². The Hall–Kier alpha value is -0.120. The van der Waals surface area contributed by atoms with E-state index in [-0.39, 0.29) is 5.60 Å². The van der Waals surface area contributed by atoms with Crippen molar-refractivity contribution in [3.8, 4) is 0 Å². The summed E-state index contributed by atoms with van der Waals surface area (Å²) in [6, 6.07) is 0.517. The van der Waals surface area contributed by atoms with Gasteiger partial charge in [0.25, 0.3) is 0 Å². The Balaban J connectivity index is 2.03. The summed E-state index contributed by atoms with van der Waals surface area (Å²) in [5.74, 6) is 0.809. The Morgan fingerprint density at radius 3 is 2.38 bits per heavy atom. The average Bonchev–Trinajstić information content (AvgIpc) is 2.79. The molecule has 3 nitrogen and oxygen atoms in total. The van der Waals surface area contributed by atoms with Crippen LogP contribution in [0, 0.1) is 5.92 Å². The minimum Gasteiger partial charge on any atom is -0.381 e. The number of hydrogen-bond acceptors (Lipinski definition) is 3. The second-order valence-electron chi connectivity index (χ2n) is 6.98. The van der Waals surface area contributed by atoms with Crippen LogP contribution >= 0.6 is 0 Å². The van der Waals surface area contributed by atoms with Gasteiger partial charge in [-0.05, 0) is 51.0 Å². The minimum absolute atomic E-state index is 0.0734. The zero-order valence-electron chi connectivity index (χ0n) is 14.2. The predicted molar refractivity (Wildman–Crippen MR) is 87.7 cm³/mol. The maximum absolute atomic E-state index is 6.17. The van der Waals surface area contributed by atoms with Crippen molar-refractivity contribution >= 4 is 0 Å². The van der Waals surface area contributed by atoms with Gasteiger partial charge in [0.15, 0.2) is 0 Å². The van der Waals surface area contributed by atoms with Crippen LogP contribution in [0.15, 0.2) is 0 Å². The first-order chi connectivity index (χ1) is 10.3. The first kappa shape index (κ1) is 17.2. The molecule has 2 rings (SSSR count). The van der Waals surface area contributed by atoms with E-state index in [9.17, 15) is 0 Å². The fourth-order valence-electron chi connectivity index (χ4n) is 4.14. The highest BCUT2D eigenvalue weighted by Crippen LogP contribution is 2.36. The molecule has 1 saturated heterocycles. The van der Waals surface area contributed by atoms with E-state index in [0.717, 1.165) is 25.7 Å². The van der Waals surface area contributed by atoms with Crippen molar-refractivity contribution in [2.45, 2.75) is 82.8 Å². The first-order valence-corrected chi connectivity index (χ1v) is 9.17. The van der Waals surface area contributed by atoms with Gasteiger partial charge < -0.3 is 14.8 Å². The molecule has 2 fully saturated rings. The molecule has 1 N–H and O–H groups in total. The Morgan fingerprint density at radius 2 is 1.81 bits per heavy atom. The van der Waals surface area contributed by atoms with Crippen LogP contribution in [0.2, 0.25) is 0 Å². The Morgan fingerprint density at radius 1 is 1.14 bits per heavy atom. The van der Waals surface area contributed by atoms with Crippen molar-refractivity contribution in [1.29, 1.82) is 0 Å². The molecule has 0 aromatic heterocycles. The number of methoxy groups -OCH3 is 1. The van der Waals surface area contributed by atoms with Crippen molar-refractivity contribution in [1.82, 2.24) is 5.32 Å². The van der Waals surface area contributed by atoms with Gasteiger partial charge in [-0.1, -0.05) is 32.6 Å². The molecule has 0 aromatic rings. The molecular formula is C18H35NO2. The van der Waals surface area contributed by atoms with Crippen LogP contribution in [-0.4, -0.2) is 38.5 Å². The van der Waals surface area contributed by atoms with Gasteiger partial charge in [-0.3, -0.25) is 0 Å². The molecule has 0 aromatic carbocycles. The number of rotatable bonds is 7. The van der Waals surface area contributed by atoms with Crippen LogP contribution in [0.4, 0.5) is 0 Å². The monoisotopic (exact) mass is 297 g/mol. The first-order valence-electron chi connectivity index (χ1n) is 9.17. The predicted octanol–water partition coefficient (Wildman–Crippen LogP) is 3.91. The van der Waals surface area contributed by atoms with Crippen LogP contribution in [-0.2, 0) is 9.47 Å². The highest BCUT2D eigenvalue weighted by molar-refractivity contribution is 4.95. The van der Waals surface area contributed by atoms with Gasteiger partial charge in [0, 0.05) is 26.4 Å². The number of hydrogen-bond donors (Lipinski definition) is 1. The van der Waals surface area contributed by atoms with Gasteiger partial charge >= 0.3 is 0 Å². The van der Waals surface area contributed by atoms with E-state index in [1.807, 2.05) is 7.11 Å². The van der Waals surface area contributed by atoms with Crippen molar-refractivity contribution in [3.63, 3.8) is 0 Å². The van der Waals surface area contributed by atoms with E-state index in [2.05, 4.69) is 12.2 Å². The zero-order chi connectivity index (χ0) is 15.0. The highest BCUT2D eigenvalue weighted by Gasteiger charge is 2.39. The molecule has 0 spiro atoms. The summed E-state index contributed by atoms with van der Waals surface area (Å²) >= 11 is 0. The van der Waals surface area contributed by atoms with Crippen molar-refractivity contribution in [3.05, 3.63) is 0 Å². The van der Waals surface area contributed by atoms with E-state index in [1.54, 1.807) is 0 Å². The summed E-state index contributed by atoms with van der Waals surface area (Å²) in [5.41, 5.74) is 0.0734. The van der Waals surface area contributed by atoms with E-state index in [1.165, 1.54) is 64.2 Å². The molecule has 2 aliphatic rings. The summed E-state index contributed by atoms with van der Waals surface area (Å²) in [6.07, 6.45) is 12.8. The summed E-state index contributed by atoms with van der Waals surface area (Å²) in [4.78, 5) is 0. The van der Waals surface area contributed by atoms with Gasteiger partial charge in [0.05, 0.1) is 5.60 Å². The summed E-state index contributed by atoms with van der Waals surface area (Å²) in [6.45, 7) is 5.26. The molecular weight excluding hydrogens is 262 g/mol. The lowest BCUT2D eigenvalue weighted by Crippen LogP contribution is -2.53. The van der Waals surface area contributed by atoms with Crippen molar-refractivity contribution < 1.29 is 9.47 Å². The van der Waals surface area contributed by atoms with Crippen LogP contribution in [0.25, 0.3) is 0 Å². The lowest BCUT2D eigenvalue weighted by molar-refractivity contribution is -0.0623. The minimum atomic E-state index is 0.0734. The van der Waals surface area contributed by atoms with Crippen LogP contribution < -0.4 is 5.32 Å². The molecule has 1 heterocycles. The van der Waals surface area contributed by atoms with Gasteiger partial charge in [-0.25, -0.2) is 0 Å². The third kappa shape index (κ3) is 4.94. The van der Waals surface area contributed by atoms with Crippen molar-refractivity contribution in [2.75, 3.05) is 26.9 Å². The quantitative estimate of drug-likeness (QED) is 0.723. The molecule has 1 aliphatic heterocycles. The molecule has 124 valence electrons. The molecule has 0 radical (unpaired) electrons. The highest BCUT2D eigenvalue weighted by atomic mass is 16.5. The molecule has 0 amide bonds. The second kappa shape index (κ2) is 9.12. The molecule has 21 heavy (non-hydrogen) atoms. The van der Waals surface area contributed by atoms with Crippen LogP contribution in [0.1, 0.15) is 71.1 Å². The topological polar surface area (TPSA) is 30.5 Å². The summed E-state index contributed by atoms with van der Waals surface area (Å²) < 4.78 is 11.7. The maximum atomic E-state index is 6.17. The molecule has 3 heteroatoms. The van der Waals surface area contributed by atoms with Gasteiger partial charge in [-0.15, -0.1) is 0 Å². The lowest BCUT2D eigenvalue weighted by atomic mass is 9.79. The normalized spacial score (nSPS) is 25.4. The molecule has 1 atom stereocenters. The maximum Gasteiger partial charge on any atom is 0.0831 e. The lowest BCUT2D eigenvalue weighted by Gasteiger charge is -2.42. The van der Waals surface area contributed by atoms with Gasteiger partial charge in [-0.2, -0.15) is 0 Å². The average molecular weight is 297 g/mol. The summed E-state index contributed by atoms with van der Waals surface area (Å²) in [5, 5.41) is 3.84. The second-order valence-corrected chi connectivity index (χ2v) is 6.98. The third-order valence-electron chi connectivity index (χ3n) is 5.54. The smallest absolute Gasteiger partial charge is 0.0831 e. The molecule has 0 bridgehead atoms. The van der Waals surface area contributed by atoms with E-state index in [0.29, 0.717) is 6.04 Å². The fraction of sp³-hybridized carbons (Fsp3) is 1.00. The Labute approximate surface area is 131 Å². The zero-order valence-corrected chi connectivity index (χ0v) is 14.2. The standard InChI is InChI=1S/C18H35NO2/c1-3-12-19-17(15-16-8-13-21-14-9-16)18(20-2)10-6-4-5-7-11-18/h16-17,19H,3-15H2,1-2H3. The number of ether oxygens (including phenoxy) is 2. The largest absolute Gasteiger partial charge is 0.381 e. The van der Waals surface area contributed by atoms with Gasteiger partial charge in [0.1, 0.15) is 0 Å². The molecule has 1 unspecified atom stereocenters. The van der Waals surface area contributed by atoms with Crippen molar-refractivity contribution in [2.24, 2.45) is 5.92 Å².